The molecular formula is C19H24N4O. The van der Waals surface area contributed by atoms with Gasteiger partial charge >= 0.3 is 0 Å². The SMILES string of the molecule is COc1ccc(-c2ccnn2C)cc1[C@@H](Cc1c[nH]cn1)C(C)C. The predicted molar refractivity (Wildman–Crippen MR) is 95.1 cm³/mol. The molecule has 24 heavy (non-hydrogen) atoms. The number of ether oxygens (including phenoxy) is 1. The van der Waals surface area contributed by atoms with Crippen LogP contribution in [-0.2, 0) is 13.5 Å². The lowest BCUT2D eigenvalue weighted by Crippen LogP contribution is -2.12. The molecule has 126 valence electrons. The number of hydrogen-bond donors (Lipinski definition) is 1. The quantitative estimate of drug-likeness (QED) is 0.750. The van der Waals surface area contributed by atoms with E-state index in [4.69, 9.17) is 4.74 Å². The third kappa shape index (κ3) is 3.20. The Balaban J connectivity index is 2.04. The van der Waals surface area contributed by atoms with Crippen LogP contribution in [0.4, 0.5) is 0 Å². The second kappa shape index (κ2) is 6.91. The van der Waals surface area contributed by atoms with Gasteiger partial charge in [-0.2, -0.15) is 5.10 Å². The van der Waals surface area contributed by atoms with Gasteiger partial charge in [0.2, 0.25) is 0 Å². The maximum Gasteiger partial charge on any atom is 0.122 e. The van der Waals surface area contributed by atoms with E-state index in [1.165, 1.54) is 5.56 Å². The predicted octanol–water partition coefficient (Wildman–Crippen LogP) is 3.80. The Labute approximate surface area is 142 Å². The number of hydrogen-bond acceptors (Lipinski definition) is 3. The van der Waals surface area contributed by atoms with Crippen molar-refractivity contribution in [3.8, 4) is 17.0 Å². The Morgan fingerprint density at radius 3 is 2.67 bits per heavy atom. The van der Waals surface area contributed by atoms with Crippen molar-refractivity contribution >= 4 is 0 Å². The van der Waals surface area contributed by atoms with Gasteiger partial charge in [-0.05, 0) is 48.1 Å². The first kappa shape index (κ1) is 16.3. The average Bonchev–Trinajstić information content (AvgIpc) is 3.23. The zero-order valence-corrected chi connectivity index (χ0v) is 14.7. The molecule has 0 saturated heterocycles. The Morgan fingerprint density at radius 1 is 1.25 bits per heavy atom. The van der Waals surface area contributed by atoms with Gasteiger partial charge in [0.15, 0.2) is 0 Å². The van der Waals surface area contributed by atoms with Crippen LogP contribution in [0.5, 0.6) is 5.75 Å². The van der Waals surface area contributed by atoms with Crippen LogP contribution in [0.3, 0.4) is 0 Å². The molecule has 1 atom stereocenters. The smallest absolute Gasteiger partial charge is 0.122 e. The van der Waals surface area contributed by atoms with E-state index in [1.807, 2.05) is 30.2 Å². The second-order valence-electron chi connectivity index (χ2n) is 6.41. The minimum Gasteiger partial charge on any atom is -0.496 e. The van der Waals surface area contributed by atoms with Crippen LogP contribution in [0.2, 0.25) is 0 Å². The molecule has 5 heteroatoms. The molecule has 0 bridgehead atoms. The molecule has 2 aromatic heterocycles. The Morgan fingerprint density at radius 2 is 2.08 bits per heavy atom. The Kier molecular flexibility index (Phi) is 4.69. The van der Waals surface area contributed by atoms with Crippen LogP contribution in [-0.4, -0.2) is 26.9 Å². The molecule has 5 nitrogen and oxygen atoms in total. The summed E-state index contributed by atoms with van der Waals surface area (Å²) in [4.78, 5) is 7.44. The van der Waals surface area contributed by atoms with Crippen LogP contribution >= 0.6 is 0 Å². The lowest BCUT2D eigenvalue weighted by Gasteiger charge is -2.23. The molecule has 3 aromatic rings. The number of aromatic amines is 1. The molecule has 0 aliphatic rings. The minimum atomic E-state index is 0.330. The fourth-order valence-corrected chi connectivity index (χ4v) is 3.17. The fourth-order valence-electron chi connectivity index (χ4n) is 3.17. The summed E-state index contributed by atoms with van der Waals surface area (Å²) >= 11 is 0. The van der Waals surface area contributed by atoms with Gasteiger partial charge in [0.05, 0.1) is 24.8 Å². The van der Waals surface area contributed by atoms with E-state index in [-0.39, 0.29) is 0 Å². The lowest BCUT2D eigenvalue weighted by molar-refractivity contribution is 0.393. The van der Waals surface area contributed by atoms with E-state index in [0.717, 1.165) is 29.1 Å². The van der Waals surface area contributed by atoms with Crippen molar-refractivity contribution in [3.05, 3.63) is 54.2 Å². The highest BCUT2D eigenvalue weighted by molar-refractivity contribution is 5.63. The highest BCUT2D eigenvalue weighted by atomic mass is 16.5. The van der Waals surface area contributed by atoms with Crippen LogP contribution in [0.25, 0.3) is 11.3 Å². The van der Waals surface area contributed by atoms with E-state index in [9.17, 15) is 0 Å². The number of methoxy groups -OCH3 is 1. The summed E-state index contributed by atoms with van der Waals surface area (Å²) in [6.07, 6.45) is 6.40. The van der Waals surface area contributed by atoms with Crippen LogP contribution in [0.15, 0.2) is 43.0 Å². The lowest BCUT2D eigenvalue weighted by atomic mass is 9.83. The van der Waals surface area contributed by atoms with Crippen molar-refractivity contribution < 1.29 is 4.74 Å². The zero-order valence-electron chi connectivity index (χ0n) is 14.7. The first-order valence-corrected chi connectivity index (χ1v) is 8.24. The van der Waals surface area contributed by atoms with Crippen molar-refractivity contribution in [3.63, 3.8) is 0 Å². The molecule has 1 aromatic carbocycles. The molecule has 0 fully saturated rings. The van der Waals surface area contributed by atoms with E-state index in [1.54, 1.807) is 13.4 Å². The molecule has 0 aliphatic heterocycles. The van der Waals surface area contributed by atoms with Crippen LogP contribution in [0.1, 0.15) is 31.0 Å². The third-order valence-corrected chi connectivity index (χ3v) is 4.53. The number of aromatic nitrogens is 4. The highest BCUT2D eigenvalue weighted by Gasteiger charge is 2.22. The van der Waals surface area contributed by atoms with Crippen LogP contribution < -0.4 is 4.74 Å². The van der Waals surface area contributed by atoms with Crippen molar-refractivity contribution in [2.75, 3.05) is 7.11 Å². The molecule has 1 N–H and O–H groups in total. The maximum atomic E-state index is 5.65. The van der Waals surface area contributed by atoms with E-state index in [2.05, 4.69) is 47.1 Å². The maximum absolute atomic E-state index is 5.65. The summed E-state index contributed by atoms with van der Waals surface area (Å²) in [7, 11) is 3.69. The largest absolute Gasteiger partial charge is 0.496 e. The number of nitrogens with zero attached hydrogens (tertiary/aromatic N) is 3. The molecular weight excluding hydrogens is 300 g/mol. The molecule has 2 heterocycles. The van der Waals surface area contributed by atoms with E-state index < -0.39 is 0 Å². The first-order valence-electron chi connectivity index (χ1n) is 8.24. The van der Waals surface area contributed by atoms with Gasteiger partial charge in [0.25, 0.3) is 0 Å². The number of benzene rings is 1. The van der Waals surface area contributed by atoms with Crippen molar-refractivity contribution in [2.45, 2.75) is 26.2 Å². The fraction of sp³-hybridized carbons (Fsp3) is 0.368. The van der Waals surface area contributed by atoms with Crippen molar-refractivity contribution in [2.24, 2.45) is 13.0 Å². The standard InChI is InChI=1S/C19H24N4O/c1-13(2)16(10-15-11-20-12-21-15)17-9-14(5-6-19(17)24-4)18-7-8-22-23(18)3/h5-9,11-13,16H,10H2,1-4H3,(H,20,21)/t16-/m0/s1. The molecule has 0 amide bonds. The van der Waals surface area contributed by atoms with Gasteiger partial charge in [-0.25, -0.2) is 4.98 Å². The van der Waals surface area contributed by atoms with Gasteiger partial charge in [0, 0.05) is 25.0 Å². The zero-order chi connectivity index (χ0) is 17.1. The normalized spacial score (nSPS) is 12.5. The number of aryl methyl sites for hydroxylation is 1. The second-order valence-corrected chi connectivity index (χ2v) is 6.41. The van der Waals surface area contributed by atoms with Crippen LogP contribution in [0, 0.1) is 5.92 Å². The highest BCUT2D eigenvalue weighted by Crippen LogP contribution is 2.37. The Bertz CT molecular complexity index is 790. The summed E-state index contributed by atoms with van der Waals surface area (Å²) in [5.74, 6) is 1.73. The van der Waals surface area contributed by atoms with Crippen molar-refractivity contribution in [1.82, 2.24) is 19.7 Å². The van der Waals surface area contributed by atoms with E-state index in [0.29, 0.717) is 11.8 Å². The minimum absolute atomic E-state index is 0.330. The van der Waals surface area contributed by atoms with Gasteiger partial charge in [-0.15, -0.1) is 0 Å². The van der Waals surface area contributed by atoms with Gasteiger partial charge in [-0.1, -0.05) is 13.8 Å². The molecule has 0 saturated carbocycles. The monoisotopic (exact) mass is 324 g/mol. The molecule has 0 spiro atoms. The number of H-pyrrole nitrogens is 1. The molecule has 0 aliphatic carbocycles. The van der Waals surface area contributed by atoms with Gasteiger partial charge in [-0.3, -0.25) is 4.68 Å². The summed E-state index contributed by atoms with van der Waals surface area (Å²) in [5, 5.41) is 4.28. The topological polar surface area (TPSA) is 55.7 Å². The van der Waals surface area contributed by atoms with Crippen molar-refractivity contribution in [1.29, 1.82) is 0 Å². The Hall–Kier alpha value is -2.56. The molecule has 0 unspecified atom stereocenters. The summed E-state index contributed by atoms with van der Waals surface area (Å²) < 4.78 is 7.54. The molecule has 0 radical (unpaired) electrons. The third-order valence-electron chi connectivity index (χ3n) is 4.53. The number of rotatable bonds is 6. The molecule has 3 rings (SSSR count). The number of nitrogens with one attached hydrogen (secondary N) is 1. The van der Waals surface area contributed by atoms with Gasteiger partial charge in [0.1, 0.15) is 5.75 Å². The summed E-state index contributed by atoms with van der Waals surface area (Å²) in [5.41, 5.74) is 4.54. The average molecular weight is 324 g/mol. The van der Waals surface area contributed by atoms with Gasteiger partial charge < -0.3 is 9.72 Å². The number of imidazole rings is 1. The first-order chi connectivity index (χ1) is 11.6. The summed E-state index contributed by atoms with van der Waals surface area (Å²) in [6.45, 7) is 4.49. The van der Waals surface area contributed by atoms with E-state index >= 15 is 0 Å². The summed E-state index contributed by atoms with van der Waals surface area (Å²) in [6, 6.07) is 8.40.